The van der Waals surface area contributed by atoms with Crippen molar-refractivity contribution in [3.05, 3.63) is 0 Å². The third kappa shape index (κ3) is 3.21. The average Bonchev–Trinajstić information content (AvgIpc) is 2.10. The van der Waals surface area contributed by atoms with E-state index in [9.17, 15) is 0 Å². The van der Waals surface area contributed by atoms with Gasteiger partial charge in [-0.3, -0.25) is 0 Å². The molecular formula is C9H20NO+. The van der Waals surface area contributed by atoms with Crippen molar-refractivity contribution in [3.8, 4) is 0 Å². The van der Waals surface area contributed by atoms with Crippen molar-refractivity contribution >= 4 is 0 Å². The van der Waals surface area contributed by atoms with E-state index in [0.29, 0.717) is 6.10 Å². The van der Waals surface area contributed by atoms with Crippen molar-refractivity contribution < 1.29 is 9.22 Å². The zero-order valence-corrected chi connectivity index (χ0v) is 8.13. The molecule has 2 nitrogen and oxygen atoms in total. The number of quaternary nitrogens is 1. The zero-order valence-electron chi connectivity index (χ0n) is 8.13. The van der Waals surface area contributed by atoms with Crippen LogP contribution in [0.15, 0.2) is 0 Å². The number of hydrogen-bond donors (Lipinski definition) is 0. The Kier molecular flexibility index (Phi) is 2.55. The third-order valence-corrected chi connectivity index (χ3v) is 2.09. The molecule has 1 rings (SSSR count). The quantitative estimate of drug-likeness (QED) is 0.547. The molecule has 0 aliphatic carbocycles. The van der Waals surface area contributed by atoms with E-state index < -0.39 is 0 Å². The summed E-state index contributed by atoms with van der Waals surface area (Å²) in [5.41, 5.74) is 0. The Morgan fingerprint density at radius 2 is 2.00 bits per heavy atom. The molecule has 0 aromatic carbocycles. The lowest BCUT2D eigenvalue weighted by Gasteiger charge is -2.26. The second kappa shape index (κ2) is 3.11. The highest BCUT2D eigenvalue weighted by Crippen LogP contribution is 2.20. The van der Waals surface area contributed by atoms with Crippen LogP contribution in [-0.4, -0.2) is 44.9 Å². The number of nitrogens with zero attached hydrogens (tertiary/aromatic N) is 1. The minimum atomic E-state index is 0.492. The van der Waals surface area contributed by atoms with Crippen molar-refractivity contribution in [3.63, 3.8) is 0 Å². The van der Waals surface area contributed by atoms with Gasteiger partial charge in [-0.2, -0.15) is 0 Å². The Balaban J connectivity index is 2.29. The fourth-order valence-electron chi connectivity index (χ4n) is 1.81. The fourth-order valence-corrected chi connectivity index (χ4v) is 1.81. The molecular weight excluding hydrogens is 138 g/mol. The molecule has 0 amide bonds. The van der Waals surface area contributed by atoms with Gasteiger partial charge < -0.3 is 9.22 Å². The Morgan fingerprint density at radius 1 is 1.36 bits per heavy atom. The summed E-state index contributed by atoms with van der Waals surface area (Å²) in [6.07, 6.45) is 1.74. The maximum atomic E-state index is 5.50. The van der Waals surface area contributed by atoms with Crippen LogP contribution >= 0.6 is 0 Å². The smallest absolute Gasteiger partial charge is 0.0832 e. The topological polar surface area (TPSA) is 9.23 Å². The van der Waals surface area contributed by atoms with Gasteiger partial charge in [0.2, 0.25) is 0 Å². The van der Waals surface area contributed by atoms with Crippen molar-refractivity contribution in [1.29, 1.82) is 0 Å². The van der Waals surface area contributed by atoms with Crippen molar-refractivity contribution in [1.82, 2.24) is 0 Å². The molecule has 0 bridgehead atoms. The van der Waals surface area contributed by atoms with E-state index in [4.69, 9.17) is 4.74 Å². The summed E-state index contributed by atoms with van der Waals surface area (Å²) in [4.78, 5) is 0. The van der Waals surface area contributed by atoms with Gasteiger partial charge in [0.25, 0.3) is 0 Å². The highest BCUT2D eigenvalue weighted by Gasteiger charge is 2.26. The Morgan fingerprint density at radius 3 is 2.36 bits per heavy atom. The summed E-state index contributed by atoms with van der Waals surface area (Å²) in [6, 6.07) is 0. The van der Waals surface area contributed by atoms with Crippen LogP contribution in [0.1, 0.15) is 13.3 Å². The molecule has 0 aromatic heterocycles. The van der Waals surface area contributed by atoms with Crippen LogP contribution in [0.3, 0.4) is 0 Å². The molecule has 2 heteroatoms. The Hall–Kier alpha value is -0.0800. The summed E-state index contributed by atoms with van der Waals surface area (Å²) >= 11 is 0. The standard InChI is InChI=1S/C9H20NO/c1-8-5-9(7-11-8)6-10(2,3)4/h8-9H,5-7H2,1-4H3/q+1/t8-,9-/m1/s1. The summed E-state index contributed by atoms with van der Waals surface area (Å²) in [5.74, 6) is 0.782. The second-order valence-electron chi connectivity index (χ2n) is 4.72. The first-order valence-electron chi connectivity index (χ1n) is 4.39. The fraction of sp³-hybridized carbons (Fsp3) is 1.00. The third-order valence-electron chi connectivity index (χ3n) is 2.09. The predicted molar refractivity (Wildman–Crippen MR) is 46.4 cm³/mol. The van der Waals surface area contributed by atoms with Crippen molar-refractivity contribution in [2.75, 3.05) is 34.3 Å². The molecule has 0 N–H and O–H groups in total. The minimum Gasteiger partial charge on any atom is -0.378 e. The van der Waals surface area contributed by atoms with Crippen LogP contribution in [0, 0.1) is 5.92 Å². The predicted octanol–water partition coefficient (Wildman–Crippen LogP) is 1.12. The molecule has 0 aromatic rings. The van der Waals surface area contributed by atoms with Gasteiger partial charge >= 0.3 is 0 Å². The summed E-state index contributed by atoms with van der Waals surface area (Å²) in [5, 5.41) is 0. The van der Waals surface area contributed by atoms with E-state index in [1.165, 1.54) is 13.0 Å². The molecule has 1 saturated heterocycles. The molecule has 0 spiro atoms. The van der Waals surface area contributed by atoms with Gasteiger partial charge in [0, 0.05) is 5.92 Å². The SMILES string of the molecule is C[C@@H]1C[C@H](C[N+](C)(C)C)CO1. The molecule has 0 saturated carbocycles. The highest BCUT2D eigenvalue weighted by molar-refractivity contribution is 4.69. The lowest BCUT2D eigenvalue weighted by atomic mass is 10.1. The molecule has 1 aliphatic heterocycles. The van der Waals surface area contributed by atoms with E-state index in [-0.39, 0.29) is 0 Å². The largest absolute Gasteiger partial charge is 0.378 e. The van der Waals surface area contributed by atoms with E-state index in [1.807, 2.05) is 0 Å². The first kappa shape index (κ1) is 9.01. The first-order chi connectivity index (χ1) is 4.97. The van der Waals surface area contributed by atoms with Gasteiger partial charge in [-0.25, -0.2) is 0 Å². The van der Waals surface area contributed by atoms with E-state index >= 15 is 0 Å². The lowest BCUT2D eigenvalue weighted by Crippen LogP contribution is -2.39. The maximum Gasteiger partial charge on any atom is 0.0832 e. The van der Waals surface area contributed by atoms with Crippen LogP contribution < -0.4 is 0 Å². The minimum absolute atomic E-state index is 0.492. The molecule has 0 unspecified atom stereocenters. The van der Waals surface area contributed by atoms with Crippen LogP contribution in [0.25, 0.3) is 0 Å². The van der Waals surface area contributed by atoms with Crippen LogP contribution in [0.5, 0.6) is 0 Å². The average molecular weight is 158 g/mol. The summed E-state index contributed by atoms with van der Waals surface area (Å²) in [7, 11) is 6.72. The molecule has 66 valence electrons. The second-order valence-corrected chi connectivity index (χ2v) is 4.72. The van der Waals surface area contributed by atoms with E-state index in [2.05, 4.69) is 28.1 Å². The Bertz CT molecular complexity index is 128. The van der Waals surface area contributed by atoms with Gasteiger partial charge in [0.05, 0.1) is 40.4 Å². The lowest BCUT2D eigenvalue weighted by molar-refractivity contribution is -0.873. The van der Waals surface area contributed by atoms with Crippen molar-refractivity contribution in [2.24, 2.45) is 5.92 Å². The van der Waals surface area contributed by atoms with Gasteiger partial charge in [0.15, 0.2) is 0 Å². The summed E-state index contributed by atoms with van der Waals surface area (Å²) in [6.45, 7) is 4.37. The number of rotatable bonds is 2. The van der Waals surface area contributed by atoms with Gasteiger partial charge in [-0.15, -0.1) is 0 Å². The van der Waals surface area contributed by atoms with Gasteiger partial charge in [0.1, 0.15) is 0 Å². The molecule has 2 atom stereocenters. The Labute approximate surface area is 69.7 Å². The number of hydrogen-bond acceptors (Lipinski definition) is 1. The molecule has 11 heavy (non-hydrogen) atoms. The van der Waals surface area contributed by atoms with E-state index in [1.54, 1.807) is 0 Å². The molecule has 0 radical (unpaired) electrons. The molecule has 1 heterocycles. The zero-order chi connectivity index (χ0) is 8.48. The van der Waals surface area contributed by atoms with Gasteiger partial charge in [-0.05, 0) is 13.3 Å². The summed E-state index contributed by atoms with van der Waals surface area (Å²) < 4.78 is 6.56. The van der Waals surface area contributed by atoms with Crippen LogP contribution in [0.2, 0.25) is 0 Å². The molecule has 1 aliphatic rings. The number of ether oxygens (including phenoxy) is 1. The molecule has 1 fully saturated rings. The normalized spacial score (nSPS) is 32.7. The van der Waals surface area contributed by atoms with E-state index in [0.717, 1.165) is 17.0 Å². The van der Waals surface area contributed by atoms with Crippen LogP contribution in [0.4, 0.5) is 0 Å². The van der Waals surface area contributed by atoms with Gasteiger partial charge in [-0.1, -0.05) is 0 Å². The monoisotopic (exact) mass is 158 g/mol. The maximum absolute atomic E-state index is 5.50. The van der Waals surface area contributed by atoms with Crippen molar-refractivity contribution in [2.45, 2.75) is 19.4 Å². The first-order valence-corrected chi connectivity index (χ1v) is 4.39. The highest BCUT2D eigenvalue weighted by atomic mass is 16.5. The van der Waals surface area contributed by atoms with Crippen LogP contribution in [-0.2, 0) is 4.74 Å².